The molecule has 0 aromatic heterocycles. The Morgan fingerprint density at radius 3 is 3.25 bits per heavy atom. The maximum absolute atomic E-state index is 5.42. The van der Waals surface area contributed by atoms with Crippen LogP contribution < -0.4 is 4.74 Å². The molecule has 0 atom stereocenters. The fourth-order valence-electron chi connectivity index (χ4n) is 1.44. The third-order valence-electron chi connectivity index (χ3n) is 2.05. The predicted molar refractivity (Wildman–Crippen MR) is 48.9 cm³/mol. The number of aliphatic imine (C=N–C) groups is 1. The predicted octanol–water partition coefficient (Wildman–Crippen LogP) is 1.82. The Balaban J connectivity index is 2.32. The van der Waals surface area contributed by atoms with Gasteiger partial charge in [0.05, 0.1) is 13.2 Å². The van der Waals surface area contributed by atoms with Crippen LogP contribution in [0.25, 0.3) is 0 Å². The molecular weight excluding hydrogens is 150 g/mol. The molecule has 2 heteroatoms. The molecule has 0 aliphatic carbocycles. The average molecular weight is 161 g/mol. The Morgan fingerprint density at radius 2 is 2.42 bits per heavy atom. The highest BCUT2D eigenvalue weighted by Crippen LogP contribution is 2.26. The second kappa shape index (κ2) is 2.97. The van der Waals surface area contributed by atoms with Gasteiger partial charge in [-0.2, -0.15) is 0 Å². The quantitative estimate of drug-likeness (QED) is 0.606. The SMILES string of the molecule is C=NCc1ccc2c(c1)OCC2. The van der Waals surface area contributed by atoms with Gasteiger partial charge >= 0.3 is 0 Å². The van der Waals surface area contributed by atoms with E-state index in [1.54, 1.807) is 0 Å². The monoisotopic (exact) mass is 161 g/mol. The molecule has 62 valence electrons. The van der Waals surface area contributed by atoms with E-state index in [2.05, 4.69) is 29.9 Å². The van der Waals surface area contributed by atoms with Gasteiger partial charge in [0.1, 0.15) is 5.75 Å². The van der Waals surface area contributed by atoms with Crippen LogP contribution in [0.5, 0.6) is 5.75 Å². The van der Waals surface area contributed by atoms with Crippen LogP contribution in [0.3, 0.4) is 0 Å². The summed E-state index contributed by atoms with van der Waals surface area (Å²) in [5, 5.41) is 0. The first-order valence-corrected chi connectivity index (χ1v) is 4.07. The van der Waals surface area contributed by atoms with Gasteiger partial charge in [0, 0.05) is 6.42 Å². The average Bonchev–Trinajstić information content (AvgIpc) is 2.51. The molecule has 0 spiro atoms. The van der Waals surface area contributed by atoms with Gasteiger partial charge in [0.25, 0.3) is 0 Å². The number of hydrogen-bond donors (Lipinski definition) is 0. The van der Waals surface area contributed by atoms with E-state index in [0.717, 1.165) is 18.8 Å². The number of ether oxygens (including phenoxy) is 1. The van der Waals surface area contributed by atoms with Gasteiger partial charge in [0.2, 0.25) is 0 Å². The van der Waals surface area contributed by atoms with Crippen molar-refractivity contribution in [3.63, 3.8) is 0 Å². The molecule has 12 heavy (non-hydrogen) atoms. The van der Waals surface area contributed by atoms with Crippen molar-refractivity contribution in [3.05, 3.63) is 29.3 Å². The third-order valence-corrected chi connectivity index (χ3v) is 2.05. The normalized spacial score (nSPS) is 13.7. The van der Waals surface area contributed by atoms with Gasteiger partial charge < -0.3 is 4.74 Å². The van der Waals surface area contributed by atoms with E-state index in [1.807, 2.05) is 0 Å². The molecule has 1 heterocycles. The molecule has 0 unspecified atom stereocenters. The Labute approximate surface area is 71.9 Å². The molecule has 1 aromatic carbocycles. The number of hydrogen-bond acceptors (Lipinski definition) is 2. The molecule has 0 amide bonds. The highest BCUT2D eigenvalue weighted by atomic mass is 16.5. The summed E-state index contributed by atoms with van der Waals surface area (Å²) in [6, 6.07) is 6.25. The summed E-state index contributed by atoms with van der Waals surface area (Å²) in [5.41, 5.74) is 2.48. The first-order chi connectivity index (χ1) is 5.90. The molecule has 0 saturated heterocycles. The number of fused-ring (bicyclic) bond motifs is 1. The third kappa shape index (κ3) is 1.20. The van der Waals surface area contributed by atoms with E-state index >= 15 is 0 Å². The standard InChI is InChI=1S/C10H11NO/c1-11-7-8-2-3-9-4-5-12-10(9)6-8/h2-3,6H,1,4-5,7H2. The lowest BCUT2D eigenvalue weighted by Crippen LogP contribution is -1.86. The van der Waals surface area contributed by atoms with Crippen LogP contribution in [0, 0.1) is 0 Å². The number of rotatable bonds is 2. The molecule has 0 saturated carbocycles. The smallest absolute Gasteiger partial charge is 0.122 e. The van der Waals surface area contributed by atoms with Crippen LogP contribution in [0.2, 0.25) is 0 Å². The summed E-state index contributed by atoms with van der Waals surface area (Å²) in [7, 11) is 0. The zero-order valence-corrected chi connectivity index (χ0v) is 6.92. The maximum Gasteiger partial charge on any atom is 0.122 e. The zero-order chi connectivity index (χ0) is 8.39. The van der Waals surface area contributed by atoms with E-state index < -0.39 is 0 Å². The lowest BCUT2D eigenvalue weighted by molar-refractivity contribution is 0.356. The van der Waals surface area contributed by atoms with Gasteiger partial charge in [-0.05, 0) is 23.9 Å². The van der Waals surface area contributed by atoms with Crippen LogP contribution in [0.4, 0.5) is 0 Å². The largest absolute Gasteiger partial charge is 0.493 e. The molecule has 2 nitrogen and oxygen atoms in total. The van der Waals surface area contributed by atoms with Crippen molar-refractivity contribution in [2.24, 2.45) is 4.99 Å². The minimum atomic E-state index is 0.677. The van der Waals surface area contributed by atoms with Crippen LogP contribution in [-0.4, -0.2) is 13.3 Å². The van der Waals surface area contributed by atoms with Crippen molar-refractivity contribution in [2.75, 3.05) is 6.61 Å². The highest BCUT2D eigenvalue weighted by molar-refractivity contribution is 5.40. The Hall–Kier alpha value is -1.31. The number of nitrogens with zero attached hydrogens (tertiary/aromatic N) is 1. The van der Waals surface area contributed by atoms with Crippen LogP contribution >= 0.6 is 0 Å². The van der Waals surface area contributed by atoms with Crippen molar-refractivity contribution in [1.29, 1.82) is 0 Å². The summed E-state index contributed by atoms with van der Waals surface area (Å²) in [6.45, 7) is 4.96. The van der Waals surface area contributed by atoms with E-state index in [0.29, 0.717) is 6.54 Å². The molecule has 1 aliphatic heterocycles. The van der Waals surface area contributed by atoms with Crippen molar-refractivity contribution in [2.45, 2.75) is 13.0 Å². The summed E-state index contributed by atoms with van der Waals surface area (Å²) in [6.07, 6.45) is 1.04. The minimum absolute atomic E-state index is 0.677. The van der Waals surface area contributed by atoms with Crippen molar-refractivity contribution in [1.82, 2.24) is 0 Å². The second-order valence-corrected chi connectivity index (χ2v) is 2.92. The van der Waals surface area contributed by atoms with E-state index in [4.69, 9.17) is 4.74 Å². The topological polar surface area (TPSA) is 21.6 Å². The summed E-state index contributed by atoms with van der Waals surface area (Å²) in [5.74, 6) is 1.02. The van der Waals surface area contributed by atoms with Crippen LogP contribution in [0.15, 0.2) is 23.2 Å². The van der Waals surface area contributed by atoms with Crippen molar-refractivity contribution >= 4 is 6.72 Å². The van der Waals surface area contributed by atoms with Crippen molar-refractivity contribution < 1.29 is 4.74 Å². The molecule has 2 rings (SSSR count). The van der Waals surface area contributed by atoms with Gasteiger partial charge in [-0.3, -0.25) is 4.99 Å². The molecule has 0 fully saturated rings. The lowest BCUT2D eigenvalue weighted by atomic mass is 10.1. The summed E-state index contributed by atoms with van der Waals surface area (Å²) < 4.78 is 5.42. The summed E-state index contributed by atoms with van der Waals surface area (Å²) >= 11 is 0. The van der Waals surface area contributed by atoms with Gasteiger partial charge in [-0.1, -0.05) is 12.1 Å². The molecule has 1 aliphatic rings. The van der Waals surface area contributed by atoms with Gasteiger partial charge in [-0.15, -0.1) is 0 Å². The van der Waals surface area contributed by atoms with E-state index in [-0.39, 0.29) is 0 Å². The first-order valence-electron chi connectivity index (χ1n) is 4.07. The first kappa shape index (κ1) is 7.35. The molecule has 0 bridgehead atoms. The van der Waals surface area contributed by atoms with Gasteiger partial charge in [-0.25, -0.2) is 0 Å². The van der Waals surface area contributed by atoms with Crippen LogP contribution in [-0.2, 0) is 13.0 Å². The highest BCUT2D eigenvalue weighted by Gasteiger charge is 2.11. The van der Waals surface area contributed by atoms with Crippen molar-refractivity contribution in [3.8, 4) is 5.75 Å². The van der Waals surface area contributed by atoms with E-state index in [9.17, 15) is 0 Å². The minimum Gasteiger partial charge on any atom is -0.493 e. The second-order valence-electron chi connectivity index (χ2n) is 2.92. The molecule has 1 aromatic rings. The zero-order valence-electron chi connectivity index (χ0n) is 6.92. The Morgan fingerprint density at radius 1 is 1.50 bits per heavy atom. The molecule has 0 N–H and O–H groups in total. The molecular formula is C10H11NO. The fourth-order valence-corrected chi connectivity index (χ4v) is 1.44. The Kier molecular flexibility index (Phi) is 1.82. The number of benzene rings is 1. The Bertz CT molecular complexity index is 307. The lowest BCUT2D eigenvalue weighted by Gasteiger charge is -2.00. The van der Waals surface area contributed by atoms with E-state index in [1.165, 1.54) is 11.1 Å². The molecule has 0 radical (unpaired) electrons. The maximum atomic E-state index is 5.42. The van der Waals surface area contributed by atoms with Crippen LogP contribution in [0.1, 0.15) is 11.1 Å². The van der Waals surface area contributed by atoms with Gasteiger partial charge in [0.15, 0.2) is 0 Å². The summed E-state index contributed by atoms with van der Waals surface area (Å²) in [4.78, 5) is 3.83. The fraction of sp³-hybridized carbons (Fsp3) is 0.300.